The standard InChI is InChI=1S/C15H17NO3/c17-12(9-11-5-2-1-3-6-11)10-15(19)16-13-7-4-8-14(13)18/h1-3,5-6,13H,4,7-10H2,(H,16,19)/t13-/m0/s1. The Hall–Kier alpha value is -1.97. The van der Waals surface area contributed by atoms with Crippen LogP contribution in [0, 0.1) is 0 Å². The number of hydrogen-bond donors (Lipinski definition) is 1. The molecule has 0 radical (unpaired) electrons. The molecule has 1 amide bonds. The molecule has 1 saturated carbocycles. The van der Waals surface area contributed by atoms with Gasteiger partial charge in [0.2, 0.25) is 5.91 Å². The van der Waals surface area contributed by atoms with Crippen LogP contribution in [-0.4, -0.2) is 23.5 Å². The zero-order valence-electron chi connectivity index (χ0n) is 10.7. The minimum absolute atomic E-state index is 0.0730. The lowest BCUT2D eigenvalue weighted by Gasteiger charge is -2.10. The minimum atomic E-state index is -0.378. The van der Waals surface area contributed by atoms with Crippen molar-refractivity contribution in [1.29, 1.82) is 0 Å². The maximum Gasteiger partial charge on any atom is 0.228 e. The highest BCUT2D eigenvalue weighted by molar-refractivity contribution is 6.00. The molecule has 0 spiro atoms. The fourth-order valence-corrected chi connectivity index (χ4v) is 2.28. The van der Waals surface area contributed by atoms with Crippen LogP contribution in [-0.2, 0) is 20.8 Å². The Morgan fingerprint density at radius 3 is 2.58 bits per heavy atom. The highest BCUT2D eigenvalue weighted by Crippen LogP contribution is 2.14. The molecule has 0 aromatic heterocycles. The van der Waals surface area contributed by atoms with Crippen LogP contribution in [0.25, 0.3) is 0 Å². The van der Waals surface area contributed by atoms with Crippen molar-refractivity contribution in [2.24, 2.45) is 0 Å². The summed E-state index contributed by atoms with van der Waals surface area (Å²) in [6.07, 6.45) is 2.15. The molecule has 4 nitrogen and oxygen atoms in total. The Kier molecular flexibility index (Phi) is 4.44. The fraction of sp³-hybridized carbons (Fsp3) is 0.400. The molecule has 2 rings (SSSR count). The molecule has 1 fully saturated rings. The van der Waals surface area contributed by atoms with Gasteiger partial charge in [0.15, 0.2) is 5.78 Å². The van der Waals surface area contributed by atoms with Crippen LogP contribution >= 0.6 is 0 Å². The lowest BCUT2D eigenvalue weighted by atomic mass is 10.1. The summed E-state index contributed by atoms with van der Waals surface area (Å²) in [4.78, 5) is 34.8. The van der Waals surface area contributed by atoms with E-state index in [4.69, 9.17) is 0 Å². The van der Waals surface area contributed by atoms with Crippen molar-refractivity contribution in [1.82, 2.24) is 5.32 Å². The molecule has 0 unspecified atom stereocenters. The van der Waals surface area contributed by atoms with Gasteiger partial charge in [-0.05, 0) is 18.4 Å². The number of Topliss-reactive ketones (excluding diaryl/α,β-unsaturated/α-hetero) is 2. The van der Waals surface area contributed by atoms with Gasteiger partial charge in [-0.25, -0.2) is 0 Å². The molecule has 1 atom stereocenters. The maximum atomic E-state index is 11.7. The van der Waals surface area contributed by atoms with Crippen LogP contribution in [0.3, 0.4) is 0 Å². The molecule has 1 aliphatic carbocycles. The quantitative estimate of drug-likeness (QED) is 0.813. The summed E-state index contributed by atoms with van der Waals surface area (Å²) >= 11 is 0. The van der Waals surface area contributed by atoms with Gasteiger partial charge in [-0.1, -0.05) is 30.3 Å². The smallest absolute Gasteiger partial charge is 0.228 e. The normalized spacial score (nSPS) is 18.3. The van der Waals surface area contributed by atoms with Gasteiger partial charge in [-0.3, -0.25) is 14.4 Å². The Labute approximate surface area is 112 Å². The second-order valence-corrected chi connectivity index (χ2v) is 4.86. The van der Waals surface area contributed by atoms with E-state index >= 15 is 0 Å². The second kappa shape index (κ2) is 6.27. The third kappa shape index (κ3) is 4.02. The van der Waals surface area contributed by atoms with Gasteiger partial charge in [0, 0.05) is 12.8 Å². The van der Waals surface area contributed by atoms with Gasteiger partial charge >= 0.3 is 0 Å². The molecule has 1 aliphatic rings. The molecule has 4 heteroatoms. The van der Waals surface area contributed by atoms with Gasteiger partial charge in [0.25, 0.3) is 0 Å². The monoisotopic (exact) mass is 259 g/mol. The van der Waals surface area contributed by atoms with Crippen LogP contribution in [0.4, 0.5) is 0 Å². The lowest BCUT2D eigenvalue weighted by molar-refractivity contribution is -0.130. The molecule has 1 N–H and O–H groups in total. The predicted molar refractivity (Wildman–Crippen MR) is 70.6 cm³/mol. The first-order valence-corrected chi connectivity index (χ1v) is 6.53. The molecule has 0 bridgehead atoms. The highest BCUT2D eigenvalue weighted by atomic mass is 16.2. The van der Waals surface area contributed by atoms with E-state index in [1.807, 2.05) is 30.3 Å². The van der Waals surface area contributed by atoms with Gasteiger partial charge in [-0.15, -0.1) is 0 Å². The van der Waals surface area contributed by atoms with Crippen LogP contribution < -0.4 is 5.32 Å². The first-order valence-electron chi connectivity index (χ1n) is 6.53. The largest absolute Gasteiger partial charge is 0.346 e. The number of nitrogens with one attached hydrogen (secondary N) is 1. The van der Waals surface area contributed by atoms with Gasteiger partial charge in [0.05, 0.1) is 12.5 Å². The van der Waals surface area contributed by atoms with Crippen molar-refractivity contribution in [3.05, 3.63) is 35.9 Å². The van der Waals surface area contributed by atoms with Crippen LogP contribution in [0.2, 0.25) is 0 Å². The number of benzene rings is 1. The molecule has 1 aromatic carbocycles. The Bertz CT molecular complexity index is 481. The summed E-state index contributed by atoms with van der Waals surface area (Å²) < 4.78 is 0. The average Bonchev–Trinajstić information content (AvgIpc) is 2.76. The van der Waals surface area contributed by atoms with E-state index < -0.39 is 0 Å². The molecule has 19 heavy (non-hydrogen) atoms. The first-order chi connectivity index (χ1) is 9.15. The summed E-state index contributed by atoms with van der Waals surface area (Å²) in [5.74, 6) is -0.404. The molecule has 100 valence electrons. The van der Waals surface area contributed by atoms with E-state index in [-0.39, 0.29) is 36.4 Å². The van der Waals surface area contributed by atoms with E-state index in [1.165, 1.54) is 0 Å². The molecule has 1 aromatic rings. The number of ketones is 2. The number of carbonyl (C=O) groups is 3. The molecule has 0 aliphatic heterocycles. The molecular formula is C15H17NO3. The summed E-state index contributed by atoms with van der Waals surface area (Å²) in [6, 6.07) is 8.94. The van der Waals surface area contributed by atoms with E-state index in [9.17, 15) is 14.4 Å². The van der Waals surface area contributed by atoms with Crippen molar-refractivity contribution in [3.63, 3.8) is 0 Å². The summed E-state index contributed by atoms with van der Waals surface area (Å²) in [6.45, 7) is 0. The van der Waals surface area contributed by atoms with Crippen molar-refractivity contribution in [2.45, 2.75) is 38.1 Å². The zero-order valence-corrected chi connectivity index (χ0v) is 10.7. The van der Waals surface area contributed by atoms with Crippen molar-refractivity contribution >= 4 is 17.5 Å². The maximum absolute atomic E-state index is 11.7. The van der Waals surface area contributed by atoms with Gasteiger partial charge in [-0.2, -0.15) is 0 Å². The number of hydrogen-bond acceptors (Lipinski definition) is 3. The zero-order chi connectivity index (χ0) is 13.7. The Morgan fingerprint density at radius 1 is 1.21 bits per heavy atom. The second-order valence-electron chi connectivity index (χ2n) is 4.86. The number of amides is 1. The van der Waals surface area contributed by atoms with Gasteiger partial charge < -0.3 is 5.32 Å². The van der Waals surface area contributed by atoms with Crippen molar-refractivity contribution in [2.75, 3.05) is 0 Å². The molecule has 0 heterocycles. The van der Waals surface area contributed by atoms with Crippen molar-refractivity contribution in [3.8, 4) is 0 Å². The predicted octanol–water partition coefficient (Wildman–Crippen LogP) is 1.43. The van der Waals surface area contributed by atoms with E-state index in [0.29, 0.717) is 12.8 Å². The first kappa shape index (κ1) is 13.5. The summed E-state index contributed by atoms with van der Waals surface area (Å²) in [5, 5.41) is 2.64. The van der Waals surface area contributed by atoms with Gasteiger partial charge in [0.1, 0.15) is 5.78 Å². The third-order valence-corrected chi connectivity index (χ3v) is 3.24. The number of rotatable bonds is 5. The summed E-state index contributed by atoms with van der Waals surface area (Å²) in [7, 11) is 0. The molecular weight excluding hydrogens is 242 g/mol. The number of carbonyl (C=O) groups excluding carboxylic acids is 3. The van der Waals surface area contributed by atoms with E-state index in [2.05, 4.69) is 5.32 Å². The lowest BCUT2D eigenvalue weighted by Crippen LogP contribution is -2.38. The Balaban J connectivity index is 1.79. The minimum Gasteiger partial charge on any atom is -0.346 e. The fourth-order valence-electron chi connectivity index (χ4n) is 2.28. The topological polar surface area (TPSA) is 63.2 Å². The van der Waals surface area contributed by atoms with Crippen LogP contribution in [0.5, 0.6) is 0 Å². The Morgan fingerprint density at radius 2 is 1.95 bits per heavy atom. The highest BCUT2D eigenvalue weighted by Gasteiger charge is 2.26. The average molecular weight is 259 g/mol. The third-order valence-electron chi connectivity index (χ3n) is 3.24. The van der Waals surface area contributed by atoms with E-state index in [0.717, 1.165) is 12.0 Å². The SMILES string of the molecule is O=C(CC(=O)N[C@H]1CCCC1=O)Cc1ccccc1. The van der Waals surface area contributed by atoms with E-state index in [1.54, 1.807) is 0 Å². The van der Waals surface area contributed by atoms with Crippen LogP contribution in [0.1, 0.15) is 31.2 Å². The van der Waals surface area contributed by atoms with Crippen molar-refractivity contribution < 1.29 is 14.4 Å². The molecule has 0 saturated heterocycles. The van der Waals surface area contributed by atoms with Crippen LogP contribution in [0.15, 0.2) is 30.3 Å². The summed E-state index contributed by atoms with van der Waals surface area (Å²) in [5.41, 5.74) is 0.900.